The third kappa shape index (κ3) is 5.21. The number of halogens is 1. The molecule has 0 spiro atoms. The summed E-state index contributed by atoms with van der Waals surface area (Å²) in [5, 5.41) is 1.28. The van der Waals surface area contributed by atoms with E-state index in [1.54, 1.807) is 30.0 Å². The van der Waals surface area contributed by atoms with Crippen LogP contribution in [0.3, 0.4) is 0 Å². The molecule has 1 fully saturated rings. The average Bonchev–Trinajstić information content (AvgIpc) is 3.29. The molecule has 0 unspecified atom stereocenters. The Balaban J connectivity index is 1.67. The number of aryl methyl sites for hydroxylation is 1. The smallest absolute Gasteiger partial charge is 0.338 e. The van der Waals surface area contributed by atoms with Crippen molar-refractivity contribution in [3.8, 4) is 5.69 Å². The first-order valence-electron chi connectivity index (χ1n) is 11.3. The van der Waals surface area contributed by atoms with E-state index in [0.29, 0.717) is 33.8 Å². The van der Waals surface area contributed by atoms with Crippen molar-refractivity contribution < 1.29 is 14.3 Å². The van der Waals surface area contributed by atoms with Gasteiger partial charge in [-0.2, -0.15) is 0 Å². The number of esters is 1. The van der Waals surface area contributed by atoms with Crippen LogP contribution in [-0.2, 0) is 9.53 Å². The molecule has 4 rings (SSSR count). The fourth-order valence-corrected chi connectivity index (χ4v) is 5.13. The van der Waals surface area contributed by atoms with Gasteiger partial charge < -0.3 is 9.30 Å². The molecule has 8 heteroatoms. The molecule has 0 bridgehead atoms. The molecular weight excluding hydrogens is 482 g/mol. The molecule has 0 N–H and O–H groups in total. The van der Waals surface area contributed by atoms with Crippen LogP contribution in [0, 0.1) is 13.8 Å². The number of hydrogen-bond acceptors (Lipinski definition) is 5. The van der Waals surface area contributed by atoms with Gasteiger partial charge in [0.15, 0.2) is 5.17 Å². The van der Waals surface area contributed by atoms with Crippen LogP contribution < -0.4 is 0 Å². The summed E-state index contributed by atoms with van der Waals surface area (Å²) in [6.07, 6.45) is 1.91. The Kier molecular flexibility index (Phi) is 7.48. The number of aliphatic imine (C=N–C) groups is 1. The number of carbonyl (C=O) groups excluding carboxylic acids is 2. The number of hydrogen-bond donors (Lipinski definition) is 0. The van der Waals surface area contributed by atoms with Gasteiger partial charge in [0, 0.05) is 28.6 Å². The molecular formula is C27H26ClN3O3S. The van der Waals surface area contributed by atoms with E-state index in [4.69, 9.17) is 16.3 Å². The van der Waals surface area contributed by atoms with Gasteiger partial charge in [0.1, 0.15) is 0 Å². The van der Waals surface area contributed by atoms with Gasteiger partial charge in [-0.25, -0.2) is 9.79 Å². The van der Waals surface area contributed by atoms with E-state index in [9.17, 15) is 9.59 Å². The number of aromatic nitrogens is 1. The van der Waals surface area contributed by atoms with E-state index >= 15 is 0 Å². The van der Waals surface area contributed by atoms with Crippen molar-refractivity contribution in [2.24, 2.45) is 4.99 Å². The first-order valence-corrected chi connectivity index (χ1v) is 12.5. The molecule has 2 aromatic carbocycles. The topological polar surface area (TPSA) is 63.9 Å². The minimum Gasteiger partial charge on any atom is -0.462 e. The lowest BCUT2D eigenvalue weighted by Crippen LogP contribution is -2.28. The summed E-state index contributed by atoms with van der Waals surface area (Å²) in [6.45, 7) is 8.57. The van der Waals surface area contributed by atoms with E-state index in [2.05, 4.69) is 9.56 Å². The normalized spacial score (nSPS) is 15.9. The van der Waals surface area contributed by atoms with Gasteiger partial charge in [0.05, 0.1) is 22.8 Å². The molecule has 1 aliphatic heterocycles. The maximum absolute atomic E-state index is 13.1. The van der Waals surface area contributed by atoms with Gasteiger partial charge >= 0.3 is 5.97 Å². The lowest BCUT2D eigenvalue weighted by molar-refractivity contribution is -0.122. The second-order valence-electron chi connectivity index (χ2n) is 7.96. The number of carbonyl (C=O) groups is 2. The van der Waals surface area contributed by atoms with Crippen molar-refractivity contribution in [1.29, 1.82) is 0 Å². The Morgan fingerprint density at radius 3 is 2.54 bits per heavy atom. The second kappa shape index (κ2) is 10.5. The molecule has 6 nitrogen and oxygen atoms in total. The van der Waals surface area contributed by atoms with Crippen molar-refractivity contribution in [3.63, 3.8) is 0 Å². The standard InChI is InChI=1S/C27H26ClN3O3S/c1-5-30-25(32)24(35-27(30)29-22-12-10-21(28)11-13-22)16-20-14-17(3)31(18(20)4)23-9-7-8-19(15-23)26(33)34-6-2/h7-16H,5-6H2,1-4H3/b24-16-,29-27?. The quantitative estimate of drug-likeness (QED) is 0.280. The molecule has 2 heterocycles. The second-order valence-corrected chi connectivity index (χ2v) is 9.41. The molecule has 35 heavy (non-hydrogen) atoms. The predicted octanol–water partition coefficient (Wildman–Crippen LogP) is 6.55. The van der Waals surface area contributed by atoms with Crippen molar-refractivity contribution in [2.45, 2.75) is 27.7 Å². The fraction of sp³-hybridized carbons (Fsp3) is 0.222. The van der Waals surface area contributed by atoms with Crippen LogP contribution in [0.25, 0.3) is 11.8 Å². The van der Waals surface area contributed by atoms with Crippen LogP contribution in [0.15, 0.2) is 64.5 Å². The molecule has 1 amide bonds. The van der Waals surface area contributed by atoms with Crippen LogP contribution in [0.1, 0.15) is 41.2 Å². The van der Waals surface area contributed by atoms with Gasteiger partial charge in [-0.3, -0.25) is 9.69 Å². The van der Waals surface area contributed by atoms with Gasteiger partial charge in [-0.05, 0) is 99.6 Å². The van der Waals surface area contributed by atoms with E-state index in [1.807, 2.05) is 63.2 Å². The molecule has 0 atom stereocenters. The van der Waals surface area contributed by atoms with Gasteiger partial charge in [0.25, 0.3) is 5.91 Å². The Morgan fingerprint density at radius 1 is 1.11 bits per heavy atom. The molecule has 3 aromatic rings. The maximum Gasteiger partial charge on any atom is 0.338 e. The summed E-state index contributed by atoms with van der Waals surface area (Å²) in [5.74, 6) is -0.418. The van der Waals surface area contributed by atoms with E-state index in [1.165, 1.54) is 11.8 Å². The number of likely N-dealkylation sites (N-methyl/N-ethyl adjacent to an activating group) is 1. The monoisotopic (exact) mass is 507 g/mol. The van der Waals surface area contributed by atoms with Gasteiger partial charge in [-0.15, -0.1) is 0 Å². The third-order valence-corrected chi connectivity index (χ3v) is 6.89. The fourth-order valence-electron chi connectivity index (χ4n) is 3.95. The molecule has 1 saturated heterocycles. The zero-order valence-electron chi connectivity index (χ0n) is 20.0. The van der Waals surface area contributed by atoms with Crippen LogP contribution in [-0.4, -0.2) is 39.7 Å². The summed E-state index contributed by atoms with van der Waals surface area (Å²) in [5.41, 5.74) is 5.00. The molecule has 0 aliphatic carbocycles. The zero-order valence-corrected chi connectivity index (χ0v) is 21.6. The largest absolute Gasteiger partial charge is 0.462 e. The Morgan fingerprint density at radius 2 is 1.86 bits per heavy atom. The molecule has 1 aromatic heterocycles. The summed E-state index contributed by atoms with van der Waals surface area (Å²) in [6, 6.07) is 16.6. The number of rotatable bonds is 6. The number of ether oxygens (including phenoxy) is 1. The van der Waals surface area contributed by atoms with E-state index < -0.39 is 0 Å². The first kappa shape index (κ1) is 24.8. The van der Waals surface area contributed by atoms with Gasteiger partial charge in [-0.1, -0.05) is 17.7 Å². The van der Waals surface area contributed by atoms with Crippen LogP contribution in [0.5, 0.6) is 0 Å². The summed E-state index contributed by atoms with van der Waals surface area (Å²) in [7, 11) is 0. The van der Waals surface area contributed by atoms with Crippen molar-refractivity contribution in [3.05, 3.63) is 87.0 Å². The zero-order chi connectivity index (χ0) is 25.1. The Labute approximate surface area is 214 Å². The summed E-state index contributed by atoms with van der Waals surface area (Å²) in [4.78, 5) is 32.3. The number of nitrogens with zero attached hydrogens (tertiary/aromatic N) is 3. The number of amides is 1. The van der Waals surface area contributed by atoms with Crippen molar-refractivity contribution in [2.75, 3.05) is 13.2 Å². The third-order valence-electron chi connectivity index (χ3n) is 5.63. The number of thioether (sulfide) groups is 1. The van der Waals surface area contributed by atoms with Gasteiger partial charge in [0.2, 0.25) is 0 Å². The van der Waals surface area contributed by atoms with E-state index in [0.717, 1.165) is 28.3 Å². The molecule has 180 valence electrons. The van der Waals surface area contributed by atoms with Crippen molar-refractivity contribution >= 4 is 52.2 Å². The van der Waals surface area contributed by atoms with Crippen LogP contribution in [0.4, 0.5) is 5.69 Å². The highest BCUT2D eigenvalue weighted by atomic mass is 35.5. The Hall–Kier alpha value is -3.29. The predicted molar refractivity (Wildman–Crippen MR) is 143 cm³/mol. The highest BCUT2D eigenvalue weighted by Crippen LogP contribution is 2.35. The number of benzene rings is 2. The number of amidine groups is 1. The highest BCUT2D eigenvalue weighted by molar-refractivity contribution is 8.18. The van der Waals surface area contributed by atoms with Crippen LogP contribution >= 0.6 is 23.4 Å². The molecule has 0 saturated carbocycles. The summed E-state index contributed by atoms with van der Waals surface area (Å²) >= 11 is 7.34. The SMILES string of the molecule is CCOC(=O)c1cccc(-n2c(C)cc(/C=C3\SC(=Nc4ccc(Cl)cc4)N(CC)C3=O)c2C)c1. The van der Waals surface area contributed by atoms with E-state index in [-0.39, 0.29) is 11.9 Å². The molecule has 0 radical (unpaired) electrons. The lowest BCUT2D eigenvalue weighted by Gasteiger charge is -2.12. The highest BCUT2D eigenvalue weighted by Gasteiger charge is 2.32. The molecule has 1 aliphatic rings. The minimum absolute atomic E-state index is 0.0701. The first-order chi connectivity index (χ1) is 16.8. The minimum atomic E-state index is -0.348. The summed E-state index contributed by atoms with van der Waals surface area (Å²) < 4.78 is 7.21. The van der Waals surface area contributed by atoms with Crippen LogP contribution in [0.2, 0.25) is 5.02 Å². The average molecular weight is 508 g/mol. The lowest BCUT2D eigenvalue weighted by atomic mass is 10.2. The maximum atomic E-state index is 13.1. The Bertz CT molecular complexity index is 1340. The van der Waals surface area contributed by atoms with Crippen molar-refractivity contribution in [1.82, 2.24) is 9.47 Å².